The second-order valence-corrected chi connectivity index (χ2v) is 15.4. The molecule has 0 spiro atoms. The van der Waals surface area contributed by atoms with Crippen molar-refractivity contribution in [1.29, 1.82) is 0 Å². The van der Waals surface area contributed by atoms with Crippen molar-refractivity contribution in [3.8, 4) is 0 Å². The molecule has 0 fully saturated rings. The van der Waals surface area contributed by atoms with Gasteiger partial charge >= 0.3 is 0 Å². The molecule has 39 heavy (non-hydrogen) atoms. The zero-order chi connectivity index (χ0) is 27.6. The van der Waals surface area contributed by atoms with Crippen molar-refractivity contribution < 1.29 is 0 Å². The molecule has 0 amide bonds. The standard InChI is InChI=1S/C38H42Si/c1-7-27-19-11-15-23-31(27)35-36(32-24-16-12-20-28(32)8-2)38(34-26-18-14-22-30(34)10-4)39(5,6)37(35)33-25-17-13-21-29(33)9-3/h11-26H,7-10H2,1-6H3. The van der Waals surface area contributed by atoms with Crippen molar-refractivity contribution in [3.63, 3.8) is 0 Å². The lowest BCUT2D eigenvalue weighted by molar-refractivity contribution is 1.12. The molecule has 1 aliphatic heterocycles. The molecule has 1 aliphatic rings. The molecule has 0 unspecified atom stereocenters. The predicted molar refractivity (Wildman–Crippen MR) is 174 cm³/mol. The second-order valence-electron chi connectivity index (χ2n) is 11.2. The molecule has 4 aromatic rings. The lowest BCUT2D eigenvalue weighted by atomic mass is 9.83. The van der Waals surface area contributed by atoms with Gasteiger partial charge in [-0.3, -0.25) is 0 Å². The van der Waals surface area contributed by atoms with E-state index in [4.69, 9.17) is 0 Å². The fourth-order valence-corrected chi connectivity index (χ4v) is 10.6. The lowest BCUT2D eigenvalue weighted by Gasteiger charge is -2.29. The molecule has 0 radical (unpaired) electrons. The Hall–Kier alpha value is -3.42. The Kier molecular flexibility index (Phi) is 7.91. The van der Waals surface area contributed by atoms with Gasteiger partial charge in [0.25, 0.3) is 0 Å². The molecule has 0 N–H and O–H groups in total. The van der Waals surface area contributed by atoms with Gasteiger partial charge in [-0.15, -0.1) is 0 Å². The highest BCUT2D eigenvalue weighted by molar-refractivity contribution is 7.13. The van der Waals surface area contributed by atoms with Gasteiger partial charge in [-0.1, -0.05) is 138 Å². The van der Waals surface area contributed by atoms with Crippen LogP contribution in [0.4, 0.5) is 0 Å². The first-order chi connectivity index (χ1) is 19.0. The summed E-state index contributed by atoms with van der Waals surface area (Å²) in [7, 11) is -2.18. The van der Waals surface area contributed by atoms with Crippen LogP contribution in [0.3, 0.4) is 0 Å². The average molecular weight is 527 g/mol. The summed E-state index contributed by atoms with van der Waals surface area (Å²) in [6, 6.07) is 36.7. The molecular weight excluding hydrogens is 485 g/mol. The Balaban J connectivity index is 2.02. The molecule has 198 valence electrons. The zero-order valence-electron chi connectivity index (χ0n) is 24.6. The first-order valence-electron chi connectivity index (χ1n) is 14.8. The molecule has 1 heterocycles. The van der Waals surface area contributed by atoms with Gasteiger partial charge in [0, 0.05) is 0 Å². The molecule has 0 saturated carbocycles. The third-order valence-electron chi connectivity index (χ3n) is 8.67. The van der Waals surface area contributed by atoms with Crippen molar-refractivity contribution in [1.82, 2.24) is 0 Å². The minimum Gasteiger partial charge on any atom is -0.0620 e. The monoisotopic (exact) mass is 526 g/mol. The van der Waals surface area contributed by atoms with Crippen LogP contribution in [0.2, 0.25) is 13.1 Å². The largest absolute Gasteiger partial charge is 0.115 e. The van der Waals surface area contributed by atoms with E-state index < -0.39 is 8.07 Å². The van der Waals surface area contributed by atoms with Crippen LogP contribution in [-0.4, -0.2) is 8.07 Å². The van der Waals surface area contributed by atoms with E-state index in [9.17, 15) is 0 Å². The van der Waals surface area contributed by atoms with Crippen LogP contribution < -0.4 is 0 Å². The van der Waals surface area contributed by atoms with Crippen molar-refractivity contribution in [3.05, 3.63) is 142 Å². The van der Waals surface area contributed by atoms with Gasteiger partial charge in [0.2, 0.25) is 0 Å². The van der Waals surface area contributed by atoms with E-state index in [1.54, 1.807) is 10.4 Å². The van der Waals surface area contributed by atoms with Gasteiger partial charge < -0.3 is 0 Å². The fraction of sp³-hybridized carbons (Fsp3) is 0.263. The summed E-state index contributed by atoms with van der Waals surface area (Å²) in [5.41, 5.74) is 14.4. The highest BCUT2D eigenvalue weighted by Crippen LogP contribution is 2.57. The van der Waals surface area contributed by atoms with Gasteiger partial charge in [-0.2, -0.15) is 0 Å². The highest BCUT2D eigenvalue weighted by Gasteiger charge is 2.45. The first-order valence-corrected chi connectivity index (χ1v) is 17.8. The SMILES string of the molecule is CCc1ccccc1C1=C(c2ccccc2CC)[Si](C)(C)C(c2ccccc2CC)=C1c1ccccc1CC. The number of benzene rings is 4. The Bertz CT molecular complexity index is 1450. The molecule has 1 heteroatoms. The molecule has 0 bridgehead atoms. The summed E-state index contributed by atoms with van der Waals surface area (Å²) in [6.07, 6.45) is 4.12. The minimum atomic E-state index is -2.18. The summed E-state index contributed by atoms with van der Waals surface area (Å²) in [4.78, 5) is 0. The Morgan fingerprint density at radius 3 is 0.949 bits per heavy atom. The number of hydrogen-bond acceptors (Lipinski definition) is 0. The molecule has 0 aromatic heterocycles. The molecule has 0 atom stereocenters. The van der Waals surface area contributed by atoms with Crippen LogP contribution in [0, 0.1) is 0 Å². The van der Waals surface area contributed by atoms with Gasteiger partial charge in [0.15, 0.2) is 0 Å². The fourth-order valence-electron chi connectivity index (χ4n) is 6.77. The number of allylic oxidation sites excluding steroid dienone is 2. The van der Waals surface area contributed by atoms with E-state index in [2.05, 4.69) is 138 Å². The van der Waals surface area contributed by atoms with Crippen LogP contribution >= 0.6 is 0 Å². The summed E-state index contributed by atoms with van der Waals surface area (Å²) in [5, 5.41) is 3.20. The topological polar surface area (TPSA) is 0 Å². The van der Waals surface area contributed by atoms with Crippen LogP contribution in [0.25, 0.3) is 21.5 Å². The molecule has 4 aromatic carbocycles. The average Bonchev–Trinajstić information content (AvgIpc) is 3.23. The van der Waals surface area contributed by atoms with Gasteiger partial charge in [-0.25, -0.2) is 0 Å². The molecular formula is C38H42Si. The van der Waals surface area contributed by atoms with Crippen LogP contribution in [0.15, 0.2) is 97.1 Å². The van der Waals surface area contributed by atoms with Gasteiger partial charge in [-0.05, 0) is 91.7 Å². The maximum Gasteiger partial charge on any atom is 0.115 e. The summed E-state index contributed by atoms with van der Waals surface area (Å²) < 4.78 is 0. The molecule has 0 aliphatic carbocycles. The summed E-state index contributed by atoms with van der Waals surface area (Å²) in [6.45, 7) is 14.4. The normalized spacial score (nSPS) is 14.8. The van der Waals surface area contributed by atoms with Gasteiger partial charge in [0.05, 0.1) is 0 Å². The minimum absolute atomic E-state index is 1.02. The second kappa shape index (κ2) is 11.4. The maximum absolute atomic E-state index is 2.60. The zero-order valence-corrected chi connectivity index (χ0v) is 25.6. The van der Waals surface area contributed by atoms with Crippen LogP contribution in [0.1, 0.15) is 72.2 Å². The van der Waals surface area contributed by atoms with E-state index in [0.29, 0.717) is 0 Å². The van der Waals surface area contributed by atoms with E-state index >= 15 is 0 Å². The summed E-state index contributed by atoms with van der Waals surface area (Å²) in [5.74, 6) is 0. The van der Waals surface area contributed by atoms with E-state index in [-0.39, 0.29) is 0 Å². The third-order valence-corrected chi connectivity index (χ3v) is 12.2. The van der Waals surface area contributed by atoms with E-state index in [0.717, 1.165) is 25.7 Å². The van der Waals surface area contributed by atoms with Crippen molar-refractivity contribution in [2.24, 2.45) is 0 Å². The quantitative estimate of drug-likeness (QED) is 0.200. The number of aryl methyl sites for hydroxylation is 4. The summed E-state index contributed by atoms with van der Waals surface area (Å²) >= 11 is 0. The maximum atomic E-state index is 2.60. The number of hydrogen-bond donors (Lipinski definition) is 0. The van der Waals surface area contributed by atoms with E-state index in [1.165, 1.54) is 55.7 Å². The smallest absolute Gasteiger partial charge is 0.0620 e. The molecule has 5 rings (SSSR count). The highest BCUT2D eigenvalue weighted by atomic mass is 28.3. The van der Waals surface area contributed by atoms with E-state index in [1.807, 2.05) is 0 Å². The van der Waals surface area contributed by atoms with Crippen molar-refractivity contribution in [2.75, 3.05) is 0 Å². The lowest BCUT2D eigenvalue weighted by Crippen LogP contribution is -2.29. The Morgan fingerprint density at radius 1 is 0.385 bits per heavy atom. The Morgan fingerprint density at radius 2 is 0.641 bits per heavy atom. The van der Waals surface area contributed by atoms with Crippen molar-refractivity contribution >= 4 is 29.6 Å². The predicted octanol–water partition coefficient (Wildman–Crippen LogP) is 10.3. The third kappa shape index (κ3) is 4.68. The molecule has 0 saturated heterocycles. The Labute approximate surface area is 237 Å². The molecule has 0 nitrogen and oxygen atoms in total. The van der Waals surface area contributed by atoms with Crippen LogP contribution in [0.5, 0.6) is 0 Å². The number of rotatable bonds is 8. The first kappa shape index (κ1) is 27.2. The van der Waals surface area contributed by atoms with Crippen molar-refractivity contribution in [2.45, 2.75) is 66.5 Å². The van der Waals surface area contributed by atoms with Gasteiger partial charge in [0.1, 0.15) is 8.07 Å². The van der Waals surface area contributed by atoms with Crippen LogP contribution in [-0.2, 0) is 25.7 Å².